The smallest absolute Gasteiger partial charge is 0.243 e. The minimum absolute atomic E-state index is 0.0884. The standard InChI is InChI=1S/C25H20Cl4N2O2/c26-18-6-1-15(2-7-18)24(16-3-8-19(27)9-4-16)31-22(11-12-23(31)32)25(33)30-14-17-5-10-20(28)13-21(17)29/h1-10,13,22,24H,11-12,14H2,(H,30,33)/t22-/m0/s1. The largest absolute Gasteiger partial charge is 0.350 e. The minimum Gasteiger partial charge on any atom is -0.350 e. The van der Waals surface area contributed by atoms with Crippen LogP contribution in [-0.2, 0) is 16.1 Å². The zero-order valence-corrected chi connectivity index (χ0v) is 20.4. The molecule has 1 aliphatic heterocycles. The second-order valence-electron chi connectivity index (χ2n) is 7.81. The molecule has 1 fully saturated rings. The van der Waals surface area contributed by atoms with Crippen LogP contribution in [0.5, 0.6) is 0 Å². The fraction of sp³-hybridized carbons (Fsp3) is 0.200. The number of nitrogens with one attached hydrogen (secondary N) is 1. The topological polar surface area (TPSA) is 49.4 Å². The van der Waals surface area contributed by atoms with Gasteiger partial charge in [-0.2, -0.15) is 0 Å². The van der Waals surface area contributed by atoms with Gasteiger partial charge in [-0.1, -0.05) is 76.7 Å². The second kappa shape index (κ2) is 10.4. The maximum Gasteiger partial charge on any atom is 0.243 e. The van der Waals surface area contributed by atoms with E-state index in [1.54, 1.807) is 47.4 Å². The molecule has 2 amide bonds. The molecule has 0 unspecified atom stereocenters. The van der Waals surface area contributed by atoms with Gasteiger partial charge in [-0.25, -0.2) is 0 Å². The number of likely N-dealkylation sites (tertiary alicyclic amines) is 1. The molecule has 0 spiro atoms. The molecule has 0 bridgehead atoms. The van der Waals surface area contributed by atoms with Gasteiger partial charge in [0, 0.05) is 33.1 Å². The third-order valence-electron chi connectivity index (χ3n) is 5.68. The van der Waals surface area contributed by atoms with Crippen molar-refractivity contribution < 1.29 is 9.59 Å². The highest BCUT2D eigenvalue weighted by Crippen LogP contribution is 2.36. The monoisotopic (exact) mass is 520 g/mol. The lowest BCUT2D eigenvalue weighted by atomic mass is 9.96. The molecule has 0 aromatic heterocycles. The lowest BCUT2D eigenvalue weighted by Gasteiger charge is -2.33. The van der Waals surface area contributed by atoms with Crippen molar-refractivity contribution in [1.82, 2.24) is 10.2 Å². The molecule has 1 saturated heterocycles. The lowest BCUT2D eigenvalue weighted by molar-refractivity contribution is -0.137. The average Bonchev–Trinajstić information content (AvgIpc) is 3.17. The van der Waals surface area contributed by atoms with E-state index in [2.05, 4.69) is 5.32 Å². The van der Waals surface area contributed by atoms with Gasteiger partial charge in [-0.05, 0) is 59.5 Å². The van der Waals surface area contributed by atoms with Gasteiger partial charge in [-0.3, -0.25) is 9.59 Å². The number of hydrogen-bond donors (Lipinski definition) is 1. The molecule has 0 aliphatic carbocycles. The van der Waals surface area contributed by atoms with E-state index in [0.29, 0.717) is 26.5 Å². The van der Waals surface area contributed by atoms with E-state index in [0.717, 1.165) is 16.7 Å². The Balaban J connectivity index is 1.63. The zero-order valence-electron chi connectivity index (χ0n) is 17.4. The lowest BCUT2D eigenvalue weighted by Crippen LogP contribution is -2.46. The van der Waals surface area contributed by atoms with E-state index < -0.39 is 12.1 Å². The Morgan fingerprint density at radius 2 is 1.42 bits per heavy atom. The van der Waals surface area contributed by atoms with Crippen molar-refractivity contribution in [3.8, 4) is 0 Å². The normalized spacial score (nSPS) is 15.8. The fourth-order valence-electron chi connectivity index (χ4n) is 4.05. The summed E-state index contributed by atoms with van der Waals surface area (Å²) in [5, 5.41) is 5.11. The summed E-state index contributed by atoms with van der Waals surface area (Å²) >= 11 is 24.4. The molecule has 1 atom stereocenters. The fourth-order valence-corrected chi connectivity index (χ4v) is 4.78. The zero-order chi connectivity index (χ0) is 23.5. The summed E-state index contributed by atoms with van der Waals surface area (Å²) in [7, 11) is 0. The molecular formula is C25H20Cl4N2O2. The van der Waals surface area contributed by atoms with Crippen molar-refractivity contribution >= 4 is 58.2 Å². The molecule has 4 nitrogen and oxygen atoms in total. The minimum atomic E-state index is -0.625. The van der Waals surface area contributed by atoms with E-state index in [1.165, 1.54) is 0 Å². The third-order valence-corrected chi connectivity index (χ3v) is 6.77. The van der Waals surface area contributed by atoms with Crippen molar-refractivity contribution in [2.75, 3.05) is 0 Å². The summed E-state index contributed by atoms with van der Waals surface area (Å²) in [6, 6.07) is 18.6. The maximum atomic E-state index is 13.2. The maximum absolute atomic E-state index is 13.2. The predicted octanol–water partition coefficient (Wildman–Crippen LogP) is 6.70. The Hall–Kier alpha value is -2.24. The number of benzene rings is 3. The van der Waals surface area contributed by atoms with Crippen molar-refractivity contribution in [1.29, 1.82) is 0 Å². The van der Waals surface area contributed by atoms with E-state index in [1.807, 2.05) is 24.3 Å². The number of amides is 2. The van der Waals surface area contributed by atoms with E-state index in [9.17, 15) is 9.59 Å². The van der Waals surface area contributed by atoms with Gasteiger partial charge < -0.3 is 10.2 Å². The van der Waals surface area contributed by atoms with Gasteiger partial charge in [0.15, 0.2) is 0 Å². The first kappa shape index (κ1) is 23.9. The Labute approximate surface area is 212 Å². The van der Waals surface area contributed by atoms with Crippen molar-refractivity contribution in [2.45, 2.75) is 31.5 Å². The van der Waals surface area contributed by atoms with Crippen LogP contribution in [0.4, 0.5) is 0 Å². The number of rotatable bonds is 6. The molecule has 1 aliphatic rings. The quantitative estimate of drug-likeness (QED) is 0.392. The summed E-state index contributed by atoms with van der Waals surface area (Å²) < 4.78 is 0. The average molecular weight is 522 g/mol. The highest BCUT2D eigenvalue weighted by atomic mass is 35.5. The molecular weight excluding hydrogens is 502 g/mol. The van der Waals surface area contributed by atoms with E-state index in [4.69, 9.17) is 46.4 Å². The van der Waals surface area contributed by atoms with Gasteiger partial charge in [0.1, 0.15) is 6.04 Å². The van der Waals surface area contributed by atoms with Crippen LogP contribution in [0.25, 0.3) is 0 Å². The molecule has 3 aromatic rings. The third kappa shape index (κ3) is 5.47. The van der Waals surface area contributed by atoms with E-state index >= 15 is 0 Å². The van der Waals surface area contributed by atoms with Gasteiger partial charge in [0.25, 0.3) is 0 Å². The van der Waals surface area contributed by atoms with Gasteiger partial charge in [0.05, 0.1) is 6.04 Å². The van der Waals surface area contributed by atoms with Gasteiger partial charge in [0.2, 0.25) is 11.8 Å². The molecule has 0 radical (unpaired) electrons. The summed E-state index contributed by atoms with van der Waals surface area (Å²) in [5.74, 6) is -0.325. The Morgan fingerprint density at radius 3 is 1.97 bits per heavy atom. The number of carbonyl (C=O) groups is 2. The van der Waals surface area contributed by atoms with E-state index in [-0.39, 0.29) is 24.8 Å². The molecule has 0 saturated carbocycles. The molecule has 170 valence electrons. The molecule has 33 heavy (non-hydrogen) atoms. The first-order valence-electron chi connectivity index (χ1n) is 10.4. The summed E-state index contributed by atoms with van der Waals surface area (Å²) in [6.45, 7) is 0.236. The highest BCUT2D eigenvalue weighted by Gasteiger charge is 2.41. The van der Waals surface area contributed by atoms with Crippen molar-refractivity contribution in [2.24, 2.45) is 0 Å². The van der Waals surface area contributed by atoms with Crippen LogP contribution in [0.1, 0.15) is 35.6 Å². The summed E-state index contributed by atoms with van der Waals surface area (Å²) in [5.41, 5.74) is 2.46. The first-order chi connectivity index (χ1) is 15.8. The Kier molecular flexibility index (Phi) is 7.50. The SMILES string of the molecule is O=C(NCc1ccc(Cl)cc1Cl)[C@@H]1CCC(=O)N1C(c1ccc(Cl)cc1)c1ccc(Cl)cc1. The number of carbonyl (C=O) groups excluding carboxylic acids is 2. The van der Waals surface area contributed by atoms with Crippen LogP contribution in [0.2, 0.25) is 20.1 Å². The van der Waals surface area contributed by atoms with Crippen LogP contribution in [-0.4, -0.2) is 22.8 Å². The molecule has 1 heterocycles. The molecule has 8 heteroatoms. The summed E-state index contributed by atoms with van der Waals surface area (Å²) in [4.78, 5) is 27.9. The van der Waals surface area contributed by atoms with Crippen LogP contribution in [0.3, 0.4) is 0 Å². The van der Waals surface area contributed by atoms with Crippen LogP contribution >= 0.6 is 46.4 Å². The first-order valence-corrected chi connectivity index (χ1v) is 11.9. The Morgan fingerprint density at radius 1 is 0.879 bits per heavy atom. The summed E-state index contributed by atoms with van der Waals surface area (Å²) in [6.07, 6.45) is 0.716. The predicted molar refractivity (Wildman–Crippen MR) is 133 cm³/mol. The van der Waals surface area contributed by atoms with Crippen LogP contribution in [0, 0.1) is 0 Å². The van der Waals surface area contributed by atoms with Gasteiger partial charge >= 0.3 is 0 Å². The number of hydrogen-bond acceptors (Lipinski definition) is 2. The Bertz CT molecular complexity index is 1120. The second-order valence-corrected chi connectivity index (χ2v) is 9.53. The van der Waals surface area contributed by atoms with Crippen molar-refractivity contribution in [3.05, 3.63) is 104 Å². The van der Waals surface area contributed by atoms with Crippen LogP contribution in [0.15, 0.2) is 66.7 Å². The number of nitrogens with zero attached hydrogens (tertiary/aromatic N) is 1. The molecule has 1 N–H and O–H groups in total. The highest BCUT2D eigenvalue weighted by molar-refractivity contribution is 6.35. The van der Waals surface area contributed by atoms with Gasteiger partial charge in [-0.15, -0.1) is 0 Å². The van der Waals surface area contributed by atoms with Crippen molar-refractivity contribution in [3.63, 3.8) is 0 Å². The number of halogens is 4. The molecule has 3 aromatic carbocycles. The van der Waals surface area contributed by atoms with Crippen LogP contribution < -0.4 is 5.32 Å². The molecule has 4 rings (SSSR count).